The molecular weight excluding hydrogens is 128 g/mol. The summed E-state index contributed by atoms with van der Waals surface area (Å²) in [7, 11) is 0. The molecule has 0 unspecified atom stereocenters. The molecule has 0 fully saturated rings. The van der Waals surface area contributed by atoms with Gasteiger partial charge in [0.05, 0.1) is 5.39 Å². The third-order valence-corrected chi connectivity index (χ3v) is 1.47. The first-order valence-electron chi connectivity index (χ1n) is 2.98. The molecule has 2 rings (SSSR count). The van der Waals surface area contributed by atoms with Crippen molar-refractivity contribution in [1.29, 1.82) is 0 Å². The van der Waals surface area contributed by atoms with Crippen LogP contribution >= 0.6 is 0 Å². The summed E-state index contributed by atoms with van der Waals surface area (Å²) in [6.07, 6.45) is 5.11. The van der Waals surface area contributed by atoms with Crippen LogP contribution < -0.4 is 0 Å². The van der Waals surface area contributed by atoms with Gasteiger partial charge in [-0.2, -0.15) is 0 Å². The number of hydrogen-bond acceptors (Lipinski definition) is 2. The Morgan fingerprint density at radius 2 is 2.30 bits per heavy atom. The topological polar surface area (TPSA) is 48.9 Å². The summed E-state index contributed by atoms with van der Waals surface area (Å²) in [6, 6.07) is 1.84. The summed E-state index contributed by atoms with van der Waals surface area (Å²) in [5, 5.41) is 10.9. The molecule has 3 heteroatoms. The lowest BCUT2D eigenvalue weighted by molar-refractivity contribution is 0.460. The fourth-order valence-electron chi connectivity index (χ4n) is 0.965. The minimum absolute atomic E-state index is 0.0822. The van der Waals surface area contributed by atoms with E-state index in [-0.39, 0.29) is 5.88 Å². The molecule has 0 aromatic carbocycles. The molecular formula is C7H6N2O. The van der Waals surface area contributed by atoms with Crippen LogP contribution in [0.15, 0.2) is 24.7 Å². The molecule has 0 radical (unpaired) electrons. The summed E-state index contributed by atoms with van der Waals surface area (Å²) in [6.45, 7) is 0. The molecule has 0 aliphatic carbocycles. The second-order valence-corrected chi connectivity index (χ2v) is 2.09. The molecule has 2 aromatic heterocycles. The molecule has 0 aliphatic heterocycles. The lowest BCUT2D eigenvalue weighted by atomic mass is 10.3. The van der Waals surface area contributed by atoms with Crippen molar-refractivity contribution in [3.05, 3.63) is 24.7 Å². The van der Waals surface area contributed by atoms with Crippen LogP contribution in [0.5, 0.6) is 5.88 Å². The Hall–Kier alpha value is -1.51. The molecule has 0 saturated heterocycles. The normalized spacial score (nSPS) is 10.4. The lowest BCUT2D eigenvalue weighted by Crippen LogP contribution is -1.71. The van der Waals surface area contributed by atoms with E-state index in [1.807, 2.05) is 12.3 Å². The summed E-state index contributed by atoms with van der Waals surface area (Å²) < 4.78 is 0. The lowest BCUT2D eigenvalue weighted by Gasteiger charge is -1.89. The Morgan fingerprint density at radius 3 is 3.10 bits per heavy atom. The summed E-state index contributed by atoms with van der Waals surface area (Å²) in [5.41, 5.74) is 0. The molecule has 0 saturated carbocycles. The highest BCUT2D eigenvalue weighted by Crippen LogP contribution is 2.19. The standard InChI is InChI=1S/C7H6N2O/c10-7-6-4-8-3-5(6)1-2-9-7/h1-4,8H,(H,9,10). The van der Waals surface area contributed by atoms with E-state index in [0.29, 0.717) is 0 Å². The van der Waals surface area contributed by atoms with Crippen LogP contribution in [-0.4, -0.2) is 15.1 Å². The maximum absolute atomic E-state index is 9.13. The Kier molecular flexibility index (Phi) is 0.917. The van der Waals surface area contributed by atoms with E-state index in [1.165, 1.54) is 0 Å². The van der Waals surface area contributed by atoms with Gasteiger partial charge in [-0.05, 0) is 6.07 Å². The fourth-order valence-corrected chi connectivity index (χ4v) is 0.965. The number of H-pyrrole nitrogens is 1. The molecule has 2 N–H and O–H groups in total. The Morgan fingerprint density at radius 1 is 1.40 bits per heavy atom. The zero-order valence-corrected chi connectivity index (χ0v) is 5.20. The zero-order chi connectivity index (χ0) is 6.97. The van der Waals surface area contributed by atoms with Gasteiger partial charge in [-0.3, -0.25) is 0 Å². The van der Waals surface area contributed by atoms with E-state index in [2.05, 4.69) is 9.97 Å². The van der Waals surface area contributed by atoms with Crippen LogP contribution in [0.2, 0.25) is 0 Å². The van der Waals surface area contributed by atoms with Crippen LogP contribution in [-0.2, 0) is 0 Å². The van der Waals surface area contributed by atoms with E-state index in [4.69, 9.17) is 5.11 Å². The number of rotatable bonds is 0. The molecule has 0 aliphatic rings. The van der Waals surface area contributed by atoms with Gasteiger partial charge in [0.2, 0.25) is 5.88 Å². The zero-order valence-electron chi connectivity index (χ0n) is 5.20. The molecule has 10 heavy (non-hydrogen) atoms. The quantitative estimate of drug-likeness (QED) is 0.570. The van der Waals surface area contributed by atoms with E-state index in [0.717, 1.165) is 10.8 Å². The highest BCUT2D eigenvalue weighted by atomic mass is 16.3. The van der Waals surface area contributed by atoms with E-state index in [9.17, 15) is 0 Å². The smallest absolute Gasteiger partial charge is 0.220 e. The van der Waals surface area contributed by atoms with Crippen LogP contribution in [0.1, 0.15) is 0 Å². The van der Waals surface area contributed by atoms with Crippen molar-refractivity contribution < 1.29 is 5.11 Å². The average Bonchev–Trinajstić information content (AvgIpc) is 2.36. The van der Waals surface area contributed by atoms with Gasteiger partial charge in [-0.1, -0.05) is 0 Å². The molecule has 0 amide bonds. The summed E-state index contributed by atoms with van der Waals surface area (Å²) >= 11 is 0. The van der Waals surface area contributed by atoms with E-state index in [1.54, 1.807) is 12.4 Å². The Balaban J connectivity index is 2.95. The Bertz CT molecular complexity index is 353. The first-order chi connectivity index (χ1) is 4.88. The maximum atomic E-state index is 9.13. The molecule has 50 valence electrons. The molecule has 3 nitrogen and oxygen atoms in total. The molecule has 0 spiro atoms. The second-order valence-electron chi connectivity index (χ2n) is 2.09. The van der Waals surface area contributed by atoms with E-state index < -0.39 is 0 Å². The minimum atomic E-state index is 0.0822. The SMILES string of the molecule is Oc1nccc2c[nH]cc12. The van der Waals surface area contributed by atoms with E-state index >= 15 is 0 Å². The first kappa shape index (κ1) is 5.29. The van der Waals surface area contributed by atoms with Crippen molar-refractivity contribution >= 4 is 10.8 Å². The van der Waals surface area contributed by atoms with Crippen molar-refractivity contribution in [2.45, 2.75) is 0 Å². The van der Waals surface area contributed by atoms with Crippen molar-refractivity contribution in [2.75, 3.05) is 0 Å². The van der Waals surface area contributed by atoms with Crippen molar-refractivity contribution in [3.8, 4) is 5.88 Å². The highest BCUT2D eigenvalue weighted by molar-refractivity contribution is 5.85. The minimum Gasteiger partial charge on any atom is -0.493 e. The average molecular weight is 134 g/mol. The van der Waals surface area contributed by atoms with Gasteiger partial charge in [0.15, 0.2) is 0 Å². The second kappa shape index (κ2) is 1.73. The number of pyridine rings is 1. The number of aromatic nitrogens is 2. The van der Waals surface area contributed by atoms with Crippen molar-refractivity contribution in [2.24, 2.45) is 0 Å². The highest BCUT2D eigenvalue weighted by Gasteiger charge is 1.97. The van der Waals surface area contributed by atoms with Gasteiger partial charge >= 0.3 is 0 Å². The number of hydrogen-bond donors (Lipinski definition) is 2. The number of aromatic amines is 1. The predicted octanol–water partition coefficient (Wildman–Crippen LogP) is 1.27. The van der Waals surface area contributed by atoms with Gasteiger partial charge in [0, 0.05) is 24.0 Å². The third-order valence-electron chi connectivity index (χ3n) is 1.47. The van der Waals surface area contributed by atoms with Crippen LogP contribution in [0.3, 0.4) is 0 Å². The van der Waals surface area contributed by atoms with Gasteiger partial charge in [-0.15, -0.1) is 0 Å². The summed E-state index contributed by atoms with van der Waals surface area (Å²) in [4.78, 5) is 6.59. The van der Waals surface area contributed by atoms with Crippen LogP contribution in [0.25, 0.3) is 10.8 Å². The predicted molar refractivity (Wildman–Crippen MR) is 37.8 cm³/mol. The van der Waals surface area contributed by atoms with Gasteiger partial charge < -0.3 is 10.1 Å². The van der Waals surface area contributed by atoms with Crippen LogP contribution in [0.4, 0.5) is 0 Å². The molecule has 2 heterocycles. The Labute approximate surface area is 57.3 Å². The third kappa shape index (κ3) is 0.572. The fraction of sp³-hybridized carbons (Fsp3) is 0. The first-order valence-corrected chi connectivity index (χ1v) is 2.98. The summed E-state index contributed by atoms with van der Waals surface area (Å²) in [5.74, 6) is 0.0822. The molecule has 2 aromatic rings. The largest absolute Gasteiger partial charge is 0.493 e. The number of nitrogens with one attached hydrogen (secondary N) is 1. The van der Waals surface area contributed by atoms with Crippen molar-refractivity contribution in [1.82, 2.24) is 9.97 Å². The number of aromatic hydroxyl groups is 1. The van der Waals surface area contributed by atoms with Gasteiger partial charge in [0.1, 0.15) is 0 Å². The maximum Gasteiger partial charge on any atom is 0.220 e. The van der Waals surface area contributed by atoms with Crippen molar-refractivity contribution in [3.63, 3.8) is 0 Å². The number of nitrogens with zero attached hydrogens (tertiary/aromatic N) is 1. The molecule has 0 atom stereocenters. The monoisotopic (exact) mass is 134 g/mol. The van der Waals surface area contributed by atoms with Gasteiger partial charge in [-0.25, -0.2) is 4.98 Å². The number of fused-ring (bicyclic) bond motifs is 1. The molecule has 0 bridgehead atoms. The van der Waals surface area contributed by atoms with Crippen LogP contribution in [0, 0.1) is 0 Å². The van der Waals surface area contributed by atoms with Gasteiger partial charge in [0.25, 0.3) is 0 Å².